The van der Waals surface area contributed by atoms with Crippen LogP contribution in [0.2, 0.25) is 13.1 Å². The fraction of sp³-hybridized carbons (Fsp3) is 0.444. The van der Waals surface area contributed by atoms with Crippen LogP contribution in [0.15, 0.2) is 36.4 Å². The minimum absolute atomic E-state index is 0.286. The van der Waals surface area contributed by atoms with Gasteiger partial charge in [-0.1, -0.05) is 54.7 Å². The van der Waals surface area contributed by atoms with E-state index >= 15 is 0 Å². The topological polar surface area (TPSA) is 18.5 Å². The lowest BCUT2D eigenvalue weighted by Gasteiger charge is -2.32. The third kappa shape index (κ3) is 2.43. The number of benzene rings is 2. The molecule has 1 aliphatic heterocycles. The second-order valence-electron chi connectivity index (χ2n) is 7.34. The maximum absolute atomic E-state index is 6.34. The summed E-state index contributed by atoms with van der Waals surface area (Å²) in [6.45, 7) is 13.1. The van der Waals surface area contributed by atoms with Crippen LogP contribution in [0, 0.1) is 0 Å². The Balaban J connectivity index is 2.19. The predicted molar refractivity (Wildman–Crippen MR) is 96.8 cm³/mol. The minimum Gasteiger partial charge on any atom is -0.399 e. The average molecular weight is 311 g/mol. The standard InChI is InChI=1S/C18H24BO2Si/c1-17(2)18(3,4)21-19(20-17)16-14-10-8-7-9-13(14)11-12-15(16)22(5)6/h7-12H,1-6H3. The van der Waals surface area contributed by atoms with E-state index in [9.17, 15) is 0 Å². The van der Waals surface area contributed by atoms with Gasteiger partial charge in [-0.3, -0.25) is 0 Å². The van der Waals surface area contributed by atoms with E-state index < -0.39 is 8.80 Å². The summed E-state index contributed by atoms with van der Waals surface area (Å²) in [5.41, 5.74) is 0.621. The minimum atomic E-state index is -0.603. The summed E-state index contributed by atoms with van der Waals surface area (Å²) in [5.74, 6) is 0. The van der Waals surface area contributed by atoms with E-state index in [1.54, 1.807) is 0 Å². The van der Waals surface area contributed by atoms with Crippen LogP contribution in [-0.2, 0) is 9.31 Å². The summed E-state index contributed by atoms with van der Waals surface area (Å²) < 4.78 is 12.7. The van der Waals surface area contributed by atoms with Gasteiger partial charge in [0.2, 0.25) is 0 Å². The summed E-state index contributed by atoms with van der Waals surface area (Å²) in [5, 5.41) is 3.91. The molecule has 0 bridgehead atoms. The van der Waals surface area contributed by atoms with Crippen molar-refractivity contribution in [1.29, 1.82) is 0 Å². The smallest absolute Gasteiger partial charge is 0.399 e. The average Bonchev–Trinajstić information content (AvgIpc) is 2.65. The van der Waals surface area contributed by atoms with Crippen molar-refractivity contribution < 1.29 is 9.31 Å². The molecule has 3 rings (SSSR count). The third-order valence-electron chi connectivity index (χ3n) is 5.00. The van der Waals surface area contributed by atoms with E-state index in [4.69, 9.17) is 9.31 Å². The van der Waals surface area contributed by atoms with Gasteiger partial charge in [-0.2, -0.15) is 0 Å². The molecular formula is C18H24BO2Si. The summed E-state index contributed by atoms with van der Waals surface area (Å²) in [6, 6.07) is 13.0. The molecule has 115 valence electrons. The predicted octanol–water partition coefficient (Wildman–Crippen LogP) is 3.10. The van der Waals surface area contributed by atoms with Crippen molar-refractivity contribution in [1.82, 2.24) is 0 Å². The Labute approximate surface area is 135 Å². The first-order valence-corrected chi connectivity index (χ1v) is 10.4. The highest BCUT2D eigenvalue weighted by Crippen LogP contribution is 2.36. The molecule has 0 saturated carbocycles. The number of hydrogen-bond acceptors (Lipinski definition) is 2. The maximum atomic E-state index is 6.34. The normalized spacial score (nSPS) is 20.0. The second-order valence-corrected chi connectivity index (χ2v) is 9.87. The molecule has 2 aromatic carbocycles. The molecule has 0 amide bonds. The molecule has 0 N–H and O–H groups in total. The van der Waals surface area contributed by atoms with E-state index in [1.807, 2.05) is 0 Å². The van der Waals surface area contributed by atoms with Crippen LogP contribution in [0.5, 0.6) is 0 Å². The van der Waals surface area contributed by atoms with Gasteiger partial charge in [-0.05, 0) is 43.9 Å². The van der Waals surface area contributed by atoms with Gasteiger partial charge >= 0.3 is 7.12 Å². The molecule has 1 radical (unpaired) electrons. The number of rotatable bonds is 2. The van der Waals surface area contributed by atoms with E-state index in [0.717, 1.165) is 0 Å². The lowest BCUT2D eigenvalue weighted by molar-refractivity contribution is 0.00578. The first-order chi connectivity index (χ1) is 10.2. The van der Waals surface area contributed by atoms with Crippen molar-refractivity contribution in [3.05, 3.63) is 36.4 Å². The Kier molecular flexibility index (Phi) is 3.75. The maximum Gasteiger partial charge on any atom is 0.495 e. The van der Waals surface area contributed by atoms with Crippen LogP contribution in [0.25, 0.3) is 10.8 Å². The quantitative estimate of drug-likeness (QED) is 0.794. The molecule has 22 heavy (non-hydrogen) atoms. The summed E-state index contributed by atoms with van der Waals surface area (Å²) in [6.07, 6.45) is 0. The largest absolute Gasteiger partial charge is 0.495 e. The lowest BCUT2D eigenvalue weighted by atomic mass is 9.76. The van der Waals surface area contributed by atoms with Crippen molar-refractivity contribution in [2.45, 2.75) is 52.0 Å². The van der Waals surface area contributed by atoms with E-state index in [0.29, 0.717) is 0 Å². The fourth-order valence-corrected chi connectivity index (χ4v) is 4.15. The van der Waals surface area contributed by atoms with Gasteiger partial charge in [0.15, 0.2) is 0 Å². The number of hydrogen-bond donors (Lipinski definition) is 0. The van der Waals surface area contributed by atoms with Gasteiger partial charge in [0.05, 0.1) is 20.0 Å². The highest BCUT2D eigenvalue weighted by atomic mass is 28.3. The van der Waals surface area contributed by atoms with Crippen LogP contribution in [0.4, 0.5) is 0 Å². The molecule has 2 aromatic rings. The van der Waals surface area contributed by atoms with Gasteiger partial charge < -0.3 is 9.31 Å². The van der Waals surface area contributed by atoms with Crippen molar-refractivity contribution >= 4 is 37.3 Å². The molecule has 1 saturated heterocycles. The summed E-state index contributed by atoms with van der Waals surface area (Å²) in [7, 11) is -0.889. The zero-order valence-corrected chi connectivity index (χ0v) is 15.4. The van der Waals surface area contributed by atoms with Gasteiger partial charge in [0, 0.05) is 0 Å². The Hall–Kier alpha value is -1.10. The SMILES string of the molecule is C[Si](C)c1ccc2ccccc2c1B1OC(C)(C)C(C)(C)O1. The molecular weight excluding hydrogens is 287 g/mol. The molecule has 0 aromatic heterocycles. The molecule has 4 heteroatoms. The van der Waals surface area contributed by atoms with Crippen molar-refractivity contribution in [3.8, 4) is 0 Å². The zero-order chi connectivity index (χ0) is 16.1. The highest BCUT2D eigenvalue weighted by Gasteiger charge is 2.52. The monoisotopic (exact) mass is 311 g/mol. The Morgan fingerprint density at radius 2 is 1.45 bits per heavy atom. The molecule has 2 nitrogen and oxygen atoms in total. The van der Waals surface area contributed by atoms with Crippen LogP contribution in [0.3, 0.4) is 0 Å². The van der Waals surface area contributed by atoms with E-state index in [1.165, 1.54) is 21.4 Å². The van der Waals surface area contributed by atoms with Crippen molar-refractivity contribution in [3.63, 3.8) is 0 Å². The molecule has 0 aliphatic carbocycles. The van der Waals surface area contributed by atoms with Crippen LogP contribution < -0.4 is 10.6 Å². The highest BCUT2D eigenvalue weighted by molar-refractivity contribution is 6.80. The zero-order valence-electron chi connectivity index (χ0n) is 14.4. The third-order valence-corrected chi connectivity index (χ3v) is 6.51. The Morgan fingerprint density at radius 1 is 0.864 bits per heavy atom. The lowest BCUT2D eigenvalue weighted by Crippen LogP contribution is -2.48. The Bertz CT molecular complexity index is 693. The van der Waals surface area contributed by atoms with Crippen molar-refractivity contribution in [2.24, 2.45) is 0 Å². The van der Waals surface area contributed by atoms with Gasteiger partial charge in [0.25, 0.3) is 0 Å². The molecule has 0 unspecified atom stereocenters. The van der Waals surface area contributed by atoms with E-state index in [2.05, 4.69) is 77.2 Å². The molecule has 1 fully saturated rings. The van der Waals surface area contributed by atoms with Crippen LogP contribution >= 0.6 is 0 Å². The first-order valence-electron chi connectivity index (χ1n) is 7.91. The van der Waals surface area contributed by atoms with E-state index in [-0.39, 0.29) is 18.3 Å². The second kappa shape index (κ2) is 5.22. The number of fused-ring (bicyclic) bond motifs is 1. The van der Waals surface area contributed by atoms with Gasteiger partial charge in [-0.25, -0.2) is 0 Å². The fourth-order valence-electron chi connectivity index (χ4n) is 2.95. The first kappa shape index (κ1) is 15.8. The molecule has 0 spiro atoms. The van der Waals surface area contributed by atoms with Gasteiger partial charge in [0.1, 0.15) is 0 Å². The van der Waals surface area contributed by atoms with Crippen LogP contribution in [0.1, 0.15) is 27.7 Å². The van der Waals surface area contributed by atoms with Crippen LogP contribution in [-0.4, -0.2) is 27.1 Å². The molecule has 1 aliphatic rings. The molecule has 0 atom stereocenters. The Morgan fingerprint density at radius 3 is 2.05 bits per heavy atom. The van der Waals surface area contributed by atoms with Gasteiger partial charge in [-0.15, -0.1) is 0 Å². The molecule has 1 heterocycles. The summed E-state index contributed by atoms with van der Waals surface area (Å²) >= 11 is 0. The van der Waals surface area contributed by atoms with Crippen molar-refractivity contribution in [2.75, 3.05) is 0 Å². The summed E-state index contributed by atoms with van der Waals surface area (Å²) in [4.78, 5) is 0.